The molecule has 0 spiro atoms. The van der Waals surface area contributed by atoms with Crippen LogP contribution in [0.15, 0.2) is 81.7 Å². The second kappa shape index (κ2) is 10.5. The molecular formula is C30H23FN2O4S. The Labute approximate surface area is 222 Å². The van der Waals surface area contributed by atoms with Crippen LogP contribution in [0.3, 0.4) is 0 Å². The fourth-order valence-corrected chi connectivity index (χ4v) is 5.58. The molecule has 1 unspecified atom stereocenters. The van der Waals surface area contributed by atoms with E-state index in [9.17, 15) is 14.0 Å². The number of halogens is 1. The molecule has 0 saturated carbocycles. The number of benzene rings is 3. The van der Waals surface area contributed by atoms with Gasteiger partial charge in [-0.15, -0.1) is 6.42 Å². The van der Waals surface area contributed by atoms with Gasteiger partial charge in [0.2, 0.25) is 0 Å². The highest BCUT2D eigenvalue weighted by atomic mass is 32.1. The highest BCUT2D eigenvalue weighted by Crippen LogP contribution is 2.31. The van der Waals surface area contributed by atoms with Crippen molar-refractivity contribution in [2.45, 2.75) is 19.9 Å². The molecule has 38 heavy (non-hydrogen) atoms. The van der Waals surface area contributed by atoms with Gasteiger partial charge in [-0.05, 0) is 54.5 Å². The van der Waals surface area contributed by atoms with Crippen LogP contribution in [0.25, 0.3) is 16.8 Å². The maximum absolute atomic E-state index is 13.9. The lowest BCUT2D eigenvalue weighted by molar-refractivity contribution is -0.139. The molecule has 3 aromatic carbocycles. The monoisotopic (exact) mass is 526 g/mol. The summed E-state index contributed by atoms with van der Waals surface area (Å²) in [7, 11) is 0. The number of allylic oxidation sites excluding steroid dienone is 1. The highest BCUT2D eigenvalue weighted by Gasteiger charge is 2.33. The number of fused-ring (bicyclic) bond motifs is 2. The van der Waals surface area contributed by atoms with Crippen LogP contribution in [-0.4, -0.2) is 23.8 Å². The summed E-state index contributed by atoms with van der Waals surface area (Å²) in [5, 5.41) is 1.87. The molecule has 8 heteroatoms. The molecule has 0 bridgehead atoms. The smallest absolute Gasteiger partial charge is 0.338 e. The van der Waals surface area contributed by atoms with Crippen molar-refractivity contribution < 1.29 is 18.7 Å². The second-order valence-corrected chi connectivity index (χ2v) is 9.55. The van der Waals surface area contributed by atoms with Crippen LogP contribution < -0.4 is 19.6 Å². The average Bonchev–Trinajstić information content (AvgIpc) is 3.22. The van der Waals surface area contributed by atoms with Gasteiger partial charge in [0.05, 0.1) is 28.5 Å². The van der Waals surface area contributed by atoms with Crippen molar-refractivity contribution in [3.05, 3.63) is 109 Å². The van der Waals surface area contributed by atoms with Crippen molar-refractivity contribution in [3.8, 4) is 18.1 Å². The first kappa shape index (κ1) is 25.2. The van der Waals surface area contributed by atoms with E-state index in [1.54, 1.807) is 32.1 Å². The average molecular weight is 527 g/mol. The summed E-state index contributed by atoms with van der Waals surface area (Å²) in [5.41, 5.74) is 1.62. The molecule has 6 nitrogen and oxygen atoms in total. The SMILES string of the molecule is C#CCOc1ccc2ccccc2c1/C=c1/sc2n(c1=O)C(c1ccc(F)cc1)C(C(=O)OCC)=C(C)N=2. The number of nitrogens with zero attached hydrogens (tertiary/aromatic N) is 2. The quantitative estimate of drug-likeness (QED) is 0.280. The molecule has 1 atom stereocenters. The van der Waals surface area contributed by atoms with E-state index in [0.29, 0.717) is 31.9 Å². The van der Waals surface area contributed by atoms with Gasteiger partial charge in [-0.3, -0.25) is 9.36 Å². The predicted octanol–water partition coefficient (Wildman–Crippen LogP) is 4.10. The number of terminal acetylenes is 1. The summed E-state index contributed by atoms with van der Waals surface area (Å²) in [5.74, 6) is 2.03. The van der Waals surface area contributed by atoms with Crippen molar-refractivity contribution in [1.82, 2.24) is 4.57 Å². The molecule has 5 rings (SSSR count). The molecule has 4 aromatic rings. The number of carbonyl (C=O) groups is 1. The second-order valence-electron chi connectivity index (χ2n) is 8.55. The molecule has 0 aliphatic carbocycles. The molecule has 2 heterocycles. The standard InChI is InChI=1S/C30H23FN2O4S/c1-4-16-37-24-15-12-19-8-6-7-9-22(19)23(24)17-25-28(34)33-27(20-10-13-21(31)14-11-20)26(29(35)36-5-2)18(3)32-30(33)38-25/h1,6-15,17,27H,5,16H2,2-3H3/b25-17+. The number of thiazole rings is 1. The molecule has 1 aliphatic heterocycles. The van der Waals surface area contributed by atoms with Crippen molar-refractivity contribution in [2.75, 3.05) is 13.2 Å². The van der Waals surface area contributed by atoms with E-state index in [2.05, 4.69) is 10.9 Å². The fraction of sp³-hybridized carbons (Fsp3) is 0.167. The van der Waals surface area contributed by atoms with Gasteiger partial charge >= 0.3 is 5.97 Å². The summed E-state index contributed by atoms with van der Waals surface area (Å²) < 4.78 is 26.7. The third-order valence-electron chi connectivity index (χ3n) is 6.22. The van der Waals surface area contributed by atoms with Crippen molar-refractivity contribution in [3.63, 3.8) is 0 Å². The molecule has 0 saturated heterocycles. The minimum atomic E-state index is -0.822. The van der Waals surface area contributed by atoms with Crippen molar-refractivity contribution in [1.29, 1.82) is 0 Å². The fourth-order valence-electron chi connectivity index (χ4n) is 4.55. The molecule has 1 aliphatic rings. The van der Waals surface area contributed by atoms with E-state index in [-0.39, 0.29) is 24.3 Å². The Bertz CT molecular complexity index is 1810. The van der Waals surface area contributed by atoms with E-state index in [0.717, 1.165) is 10.8 Å². The maximum atomic E-state index is 13.9. The third kappa shape index (κ3) is 4.53. The number of hydrogen-bond acceptors (Lipinski definition) is 6. The minimum Gasteiger partial charge on any atom is -0.480 e. The Balaban J connectivity index is 1.77. The van der Waals surface area contributed by atoms with E-state index < -0.39 is 17.8 Å². The van der Waals surface area contributed by atoms with Gasteiger partial charge in [0.15, 0.2) is 4.80 Å². The third-order valence-corrected chi connectivity index (χ3v) is 7.20. The number of hydrogen-bond donors (Lipinski definition) is 0. The molecular weight excluding hydrogens is 503 g/mol. The molecule has 0 N–H and O–H groups in total. The van der Waals surface area contributed by atoms with Crippen LogP contribution >= 0.6 is 11.3 Å². The van der Waals surface area contributed by atoms with Crippen LogP contribution in [0, 0.1) is 18.2 Å². The summed E-state index contributed by atoms with van der Waals surface area (Å²) in [4.78, 5) is 31.9. The largest absolute Gasteiger partial charge is 0.480 e. The summed E-state index contributed by atoms with van der Waals surface area (Å²) in [6.07, 6.45) is 7.19. The zero-order valence-electron chi connectivity index (χ0n) is 20.7. The van der Waals surface area contributed by atoms with E-state index in [4.69, 9.17) is 15.9 Å². The number of rotatable bonds is 6. The van der Waals surface area contributed by atoms with Gasteiger partial charge < -0.3 is 9.47 Å². The topological polar surface area (TPSA) is 69.9 Å². The Morgan fingerprint density at radius 1 is 1.18 bits per heavy atom. The van der Waals surface area contributed by atoms with E-state index >= 15 is 0 Å². The lowest BCUT2D eigenvalue weighted by Crippen LogP contribution is -2.39. The summed E-state index contributed by atoms with van der Waals surface area (Å²) in [6.45, 7) is 3.65. The minimum absolute atomic E-state index is 0.0765. The zero-order valence-corrected chi connectivity index (χ0v) is 21.5. The number of aromatic nitrogens is 1. The highest BCUT2D eigenvalue weighted by molar-refractivity contribution is 7.07. The van der Waals surface area contributed by atoms with Crippen LogP contribution in [0.1, 0.15) is 31.0 Å². The first-order chi connectivity index (χ1) is 18.4. The molecule has 0 amide bonds. The Hall–Kier alpha value is -4.48. The lowest BCUT2D eigenvalue weighted by Gasteiger charge is -2.24. The van der Waals surface area contributed by atoms with Gasteiger partial charge in [-0.25, -0.2) is 14.2 Å². The van der Waals surface area contributed by atoms with Crippen molar-refractivity contribution in [2.24, 2.45) is 4.99 Å². The molecule has 0 radical (unpaired) electrons. The Morgan fingerprint density at radius 3 is 2.68 bits per heavy atom. The van der Waals surface area contributed by atoms with Gasteiger partial charge in [-0.1, -0.05) is 59.7 Å². The summed E-state index contributed by atoms with van der Waals surface area (Å²) >= 11 is 1.20. The molecule has 0 fully saturated rings. The van der Waals surface area contributed by atoms with E-state index in [1.165, 1.54) is 28.0 Å². The first-order valence-corrected chi connectivity index (χ1v) is 12.8. The predicted molar refractivity (Wildman–Crippen MR) is 145 cm³/mol. The van der Waals surface area contributed by atoms with Crippen LogP contribution in [0.5, 0.6) is 5.75 Å². The Kier molecular flexibility index (Phi) is 6.95. The molecule has 1 aromatic heterocycles. The van der Waals surface area contributed by atoms with Crippen LogP contribution in [0.2, 0.25) is 0 Å². The number of carbonyl (C=O) groups excluding carboxylic acids is 1. The normalized spacial score (nSPS) is 15.1. The number of esters is 1. The lowest BCUT2D eigenvalue weighted by atomic mass is 9.96. The van der Waals surface area contributed by atoms with Gasteiger partial charge in [-0.2, -0.15) is 0 Å². The van der Waals surface area contributed by atoms with E-state index in [1.807, 2.05) is 36.4 Å². The van der Waals surface area contributed by atoms with Gasteiger partial charge in [0.1, 0.15) is 18.2 Å². The van der Waals surface area contributed by atoms with Crippen LogP contribution in [-0.2, 0) is 9.53 Å². The molecule has 190 valence electrons. The zero-order chi connectivity index (χ0) is 26.8. The number of ether oxygens (including phenoxy) is 2. The van der Waals surface area contributed by atoms with Crippen LogP contribution in [0.4, 0.5) is 4.39 Å². The van der Waals surface area contributed by atoms with Gasteiger partial charge in [0.25, 0.3) is 5.56 Å². The Morgan fingerprint density at radius 2 is 1.95 bits per heavy atom. The van der Waals surface area contributed by atoms with Gasteiger partial charge in [0, 0.05) is 5.56 Å². The van der Waals surface area contributed by atoms with Crippen molar-refractivity contribution >= 4 is 34.2 Å². The first-order valence-electron chi connectivity index (χ1n) is 12.0. The summed E-state index contributed by atoms with van der Waals surface area (Å²) in [6, 6.07) is 16.4. The maximum Gasteiger partial charge on any atom is 0.338 e.